The van der Waals surface area contributed by atoms with Crippen molar-refractivity contribution in [3.8, 4) is 0 Å². The van der Waals surface area contributed by atoms with E-state index >= 15 is 0 Å². The maximum Gasteiger partial charge on any atom is 0.238 e. The van der Waals surface area contributed by atoms with Crippen molar-refractivity contribution in [2.24, 2.45) is 5.14 Å². The van der Waals surface area contributed by atoms with Gasteiger partial charge in [0, 0.05) is 12.1 Å². The molecule has 0 heterocycles. The molecule has 6 nitrogen and oxygen atoms in total. The Morgan fingerprint density at radius 3 is 2.05 bits per heavy atom. The van der Waals surface area contributed by atoms with Crippen molar-refractivity contribution >= 4 is 15.9 Å². The number of nitrogens with two attached hydrogens (primary N) is 1. The molecule has 0 spiro atoms. The smallest absolute Gasteiger partial charge is 0.238 e. The Kier molecular flexibility index (Phi) is 5.88. The second-order valence-corrected chi connectivity index (χ2v) is 6.95. The minimum Gasteiger partial charge on any atom is -0.353 e. The molecule has 0 aliphatic rings. The lowest BCUT2D eigenvalue weighted by molar-refractivity contribution is -0.123. The molecule has 0 saturated carbocycles. The number of rotatable bonds is 6. The van der Waals surface area contributed by atoms with Crippen molar-refractivity contribution in [2.75, 3.05) is 0 Å². The zero-order chi connectivity index (χ0) is 16.2. The lowest BCUT2D eigenvalue weighted by Crippen LogP contribution is -2.45. The van der Waals surface area contributed by atoms with Crippen LogP contribution in [0.3, 0.4) is 0 Å². The molecule has 118 valence electrons. The number of carbonyl (C=O) groups is 1. The van der Waals surface area contributed by atoms with Gasteiger partial charge in [0.2, 0.25) is 15.9 Å². The molecule has 7 heteroatoms. The molecule has 1 amide bonds. The first-order valence-electron chi connectivity index (χ1n) is 6.80. The molecule has 0 aromatic heterocycles. The third-order valence-electron chi connectivity index (χ3n) is 3.03. The average Bonchev–Trinajstić information content (AvgIpc) is 2.36. The molecule has 0 fully saturated rings. The van der Waals surface area contributed by atoms with Gasteiger partial charge in [-0.3, -0.25) is 10.1 Å². The van der Waals surface area contributed by atoms with E-state index in [-0.39, 0.29) is 28.9 Å². The Balaban J connectivity index is 2.72. The van der Waals surface area contributed by atoms with E-state index in [2.05, 4.69) is 10.6 Å². The standard InChI is InChI=1S/C14H23N3O3S/c1-9(2)16-14(18)11(4)17-10(3)12-5-7-13(8-6-12)21(15,19)20/h5-11,17H,1-4H3,(H,16,18)(H2,15,19,20). The van der Waals surface area contributed by atoms with Crippen LogP contribution < -0.4 is 15.8 Å². The Hall–Kier alpha value is -1.44. The summed E-state index contributed by atoms with van der Waals surface area (Å²) < 4.78 is 22.4. The van der Waals surface area contributed by atoms with Crippen LogP contribution in [0.15, 0.2) is 29.2 Å². The molecule has 0 aliphatic carbocycles. The largest absolute Gasteiger partial charge is 0.353 e. The van der Waals surface area contributed by atoms with Crippen LogP contribution in [0.2, 0.25) is 0 Å². The fourth-order valence-electron chi connectivity index (χ4n) is 1.90. The molecule has 2 atom stereocenters. The van der Waals surface area contributed by atoms with E-state index in [1.807, 2.05) is 20.8 Å². The first-order valence-corrected chi connectivity index (χ1v) is 8.35. The van der Waals surface area contributed by atoms with Gasteiger partial charge in [0.1, 0.15) is 0 Å². The van der Waals surface area contributed by atoms with Gasteiger partial charge < -0.3 is 5.32 Å². The second-order valence-electron chi connectivity index (χ2n) is 5.39. The third kappa shape index (κ3) is 5.45. The van der Waals surface area contributed by atoms with Crippen molar-refractivity contribution in [2.45, 2.75) is 50.7 Å². The Morgan fingerprint density at radius 1 is 1.10 bits per heavy atom. The van der Waals surface area contributed by atoms with Crippen molar-refractivity contribution in [1.29, 1.82) is 0 Å². The molecule has 0 aliphatic heterocycles. The number of hydrogen-bond acceptors (Lipinski definition) is 4. The summed E-state index contributed by atoms with van der Waals surface area (Å²) in [5, 5.41) is 11.1. The molecule has 0 bridgehead atoms. The molecule has 21 heavy (non-hydrogen) atoms. The number of sulfonamides is 1. The molecule has 4 N–H and O–H groups in total. The first-order chi connectivity index (χ1) is 9.61. The van der Waals surface area contributed by atoms with Crippen LogP contribution in [0.5, 0.6) is 0 Å². The van der Waals surface area contributed by atoms with Crippen LogP contribution in [0.1, 0.15) is 39.3 Å². The topological polar surface area (TPSA) is 101 Å². The highest BCUT2D eigenvalue weighted by atomic mass is 32.2. The van der Waals surface area contributed by atoms with Crippen LogP contribution in [0.25, 0.3) is 0 Å². The molecule has 0 saturated heterocycles. The minimum absolute atomic E-state index is 0.0713. The summed E-state index contributed by atoms with van der Waals surface area (Å²) in [6.07, 6.45) is 0. The van der Waals surface area contributed by atoms with Gasteiger partial charge in [-0.05, 0) is 45.4 Å². The van der Waals surface area contributed by atoms with Crippen LogP contribution in [0, 0.1) is 0 Å². The lowest BCUT2D eigenvalue weighted by atomic mass is 10.1. The van der Waals surface area contributed by atoms with Crippen molar-refractivity contribution < 1.29 is 13.2 Å². The van der Waals surface area contributed by atoms with Gasteiger partial charge in [-0.2, -0.15) is 0 Å². The molecular formula is C14H23N3O3S. The zero-order valence-corrected chi connectivity index (χ0v) is 13.6. The highest BCUT2D eigenvalue weighted by Crippen LogP contribution is 2.16. The quantitative estimate of drug-likeness (QED) is 0.726. The van der Waals surface area contributed by atoms with Gasteiger partial charge >= 0.3 is 0 Å². The summed E-state index contributed by atoms with van der Waals surface area (Å²) in [5.74, 6) is -0.0713. The monoisotopic (exact) mass is 313 g/mol. The maximum atomic E-state index is 11.8. The second kappa shape index (κ2) is 7.02. The van der Waals surface area contributed by atoms with E-state index in [1.54, 1.807) is 19.1 Å². The molecule has 1 rings (SSSR count). The molecule has 1 aromatic carbocycles. The number of benzene rings is 1. The van der Waals surface area contributed by atoms with Gasteiger partial charge in [0.05, 0.1) is 10.9 Å². The van der Waals surface area contributed by atoms with E-state index in [0.717, 1.165) is 5.56 Å². The summed E-state index contributed by atoms with van der Waals surface area (Å²) in [7, 11) is -3.68. The number of carbonyl (C=O) groups excluding carboxylic acids is 1. The van der Waals surface area contributed by atoms with Crippen LogP contribution in [-0.4, -0.2) is 26.4 Å². The molecule has 1 aromatic rings. The lowest BCUT2D eigenvalue weighted by Gasteiger charge is -2.21. The summed E-state index contributed by atoms with van der Waals surface area (Å²) in [5.41, 5.74) is 0.881. The van der Waals surface area contributed by atoms with Crippen LogP contribution >= 0.6 is 0 Å². The number of primary sulfonamides is 1. The predicted octanol–water partition coefficient (Wildman–Crippen LogP) is 0.898. The summed E-state index contributed by atoms with van der Waals surface area (Å²) >= 11 is 0. The predicted molar refractivity (Wildman–Crippen MR) is 82.1 cm³/mol. The van der Waals surface area contributed by atoms with Gasteiger partial charge in [-0.25, -0.2) is 13.6 Å². The van der Waals surface area contributed by atoms with E-state index in [9.17, 15) is 13.2 Å². The fourth-order valence-corrected chi connectivity index (χ4v) is 2.42. The Labute approximate surface area is 126 Å². The molecular weight excluding hydrogens is 290 g/mol. The summed E-state index contributed by atoms with van der Waals surface area (Å²) in [4.78, 5) is 11.9. The van der Waals surface area contributed by atoms with Gasteiger partial charge in [-0.15, -0.1) is 0 Å². The first kappa shape index (κ1) is 17.6. The number of amides is 1. The van der Waals surface area contributed by atoms with Gasteiger partial charge in [0.15, 0.2) is 0 Å². The fraction of sp³-hybridized carbons (Fsp3) is 0.500. The number of nitrogens with one attached hydrogen (secondary N) is 2. The highest BCUT2D eigenvalue weighted by molar-refractivity contribution is 7.89. The van der Waals surface area contributed by atoms with Gasteiger partial charge in [-0.1, -0.05) is 12.1 Å². The van der Waals surface area contributed by atoms with E-state index in [1.165, 1.54) is 12.1 Å². The normalized spacial score (nSPS) is 14.8. The third-order valence-corrected chi connectivity index (χ3v) is 3.96. The Morgan fingerprint density at radius 2 is 1.62 bits per heavy atom. The van der Waals surface area contributed by atoms with E-state index in [4.69, 9.17) is 5.14 Å². The average molecular weight is 313 g/mol. The van der Waals surface area contributed by atoms with Crippen molar-refractivity contribution in [1.82, 2.24) is 10.6 Å². The van der Waals surface area contributed by atoms with Crippen LogP contribution in [-0.2, 0) is 14.8 Å². The van der Waals surface area contributed by atoms with Gasteiger partial charge in [0.25, 0.3) is 0 Å². The van der Waals surface area contributed by atoms with E-state index < -0.39 is 10.0 Å². The van der Waals surface area contributed by atoms with Crippen molar-refractivity contribution in [3.63, 3.8) is 0 Å². The Bertz CT molecular complexity index is 582. The number of hydrogen-bond donors (Lipinski definition) is 3. The summed E-state index contributed by atoms with van der Waals surface area (Å²) in [6.45, 7) is 7.50. The zero-order valence-electron chi connectivity index (χ0n) is 12.8. The maximum absolute atomic E-state index is 11.8. The SMILES string of the molecule is CC(C)NC(=O)C(C)NC(C)c1ccc(S(N)(=O)=O)cc1. The highest BCUT2D eigenvalue weighted by Gasteiger charge is 2.17. The minimum atomic E-state index is -3.68. The molecule has 0 radical (unpaired) electrons. The van der Waals surface area contributed by atoms with Crippen LogP contribution in [0.4, 0.5) is 0 Å². The molecule has 2 unspecified atom stereocenters. The van der Waals surface area contributed by atoms with Crippen molar-refractivity contribution in [3.05, 3.63) is 29.8 Å². The van der Waals surface area contributed by atoms with E-state index in [0.29, 0.717) is 0 Å². The summed E-state index contributed by atoms with van der Waals surface area (Å²) in [6, 6.07) is 5.94.